The second-order valence-electron chi connectivity index (χ2n) is 7.84. The Morgan fingerprint density at radius 3 is 2.21 bits per heavy atom. The van der Waals surface area contributed by atoms with Gasteiger partial charge >= 0.3 is 13.6 Å². The molecule has 2 aromatic carbocycles. The maximum atomic E-state index is 13.5. The molecule has 0 aliphatic rings. The molecule has 1 heterocycles. The van der Waals surface area contributed by atoms with Gasteiger partial charge in [0.15, 0.2) is 0 Å². The molecule has 172 valence electrons. The molecule has 0 saturated carbocycles. The Morgan fingerprint density at radius 2 is 1.64 bits per heavy atom. The molecule has 0 radical (unpaired) electrons. The van der Waals surface area contributed by atoms with Gasteiger partial charge in [-0.2, -0.15) is 0 Å². The molecule has 0 bridgehead atoms. The third kappa shape index (κ3) is 7.08. The van der Waals surface area contributed by atoms with E-state index >= 15 is 0 Å². The highest BCUT2D eigenvalue weighted by Crippen LogP contribution is 2.39. The third-order valence-corrected chi connectivity index (χ3v) is 5.90. The van der Waals surface area contributed by atoms with Gasteiger partial charge in [-0.05, 0) is 35.7 Å². The van der Waals surface area contributed by atoms with Gasteiger partial charge in [-0.1, -0.05) is 54.1 Å². The standard InChI is InChI=1S/C24H25N2O6P/c1-17-3-2-4-21(13-17)22(14-23(27)28)26(24(29)20-9-11-25-12-10-20)15-18-5-7-19(8-6-18)16-33(30,31)32/h2-13,22H,14-16H2,1H3,(H,27,28)(H2,30,31,32). The number of carboxylic acid groups (broad SMARTS) is 1. The number of rotatable bonds is 9. The van der Waals surface area contributed by atoms with Crippen molar-refractivity contribution >= 4 is 19.5 Å². The summed E-state index contributed by atoms with van der Waals surface area (Å²) in [6.07, 6.45) is 2.34. The zero-order valence-corrected chi connectivity index (χ0v) is 18.9. The van der Waals surface area contributed by atoms with Crippen molar-refractivity contribution < 1.29 is 29.0 Å². The predicted molar refractivity (Wildman–Crippen MR) is 122 cm³/mol. The molecule has 8 nitrogen and oxygen atoms in total. The van der Waals surface area contributed by atoms with Gasteiger partial charge in [-0.15, -0.1) is 0 Å². The summed E-state index contributed by atoms with van der Waals surface area (Å²) in [5.74, 6) is -1.38. The van der Waals surface area contributed by atoms with E-state index in [2.05, 4.69) is 4.98 Å². The number of carboxylic acids is 1. The summed E-state index contributed by atoms with van der Waals surface area (Å²) < 4.78 is 11.3. The summed E-state index contributed by atoms with van der Waals surface area (Å²) in [7, 11) is -4.20. The number of nitrogens with zero attached hydrogens (tertiary/aromatic N) is 2. The number of aromatic nitrogens is 1. The maximum Gasteiger partial charge on any atom is 0.329 e. The van der Waals surface area contributed by atoms with E-state index in [1.165, 1.54) is 17.3 Å². The molecular formula is C24H25N2O6P. The van der Waals surface area contributed by atoms with Gasteiger partial charge in [0.25, 0.3) is 5.91 Å². The monoisotopic (exact) mass is 468 g/mol. The summed E-state index contributed by atoms with van der Waals surface area (Å²) in [5.41, 5.74) is 3.21. The number of hydrogen-bond acceptors (Lipinski definition) is 4. The lowest BCUT2D eigenvalue weighted by Gasteiger charge is -2.32. The highest BCUT2D eigenvalue weighted by molar-refractivity contribution is 7.50. The van der Waals surface area contributed by atoms with Crippen LogP contribution in [0.15, 0.2) is 73.1 Å². The van der Waals surface area contributed by atoms with Crippen LogP contribution >= 0.6 is 7.60 Å². The first-order chi connectivity index (χ1) is 15.6. The average Bonchev–Trinajstić information content (AvgIpc) is 2.76. The zero-order chi connectivity index (χ0) is 24.0. The molecule has 0 saturated heterocycles. The van der Waals surface area contributed by atoms with Crippen molar-refractivity contribution in [3.63, 3.8) is 0 Å². The first kappa shape index (κ1) is 24.3. The van der Waals surface area contributed by atoms with E-state index in [-0.39, 0.29) is 25.0 Å². The Hall–Kier alpha value is -3.32. The highest BCUT2D eigenvalue weighted by atomic mass is 31.2. The summed E-state index contributed by atoms with van der Waals surface area (Å²) in [4.78, 5) is 49.1. The van der Waals surface area contributed by atoms with Crippen molar-refractivity contribution in [2.24, 2.45) is 0 Å². The smallest absolute Gasteiger partial charge is 0.329 e. The van der Waals surface area contributed by atoms with Crippen LogP contribution in [-0.2, 0) is 22.1 Å². The molecule has 1 unspecified atom stereocenters. The number of hydrogen-bond donors (Lipinski definition) is 3. The lowest BCUT2D eigenvalue weighted by atomic mass is 9.98. The van der Waals surface area contributed by atoms with Crippen LogP contribution in [0.4, 0.5) is 0 Å². The van der Waals surface area contributed by atoms with Gasteiger partial charge in [0.2, 0.25) is 0 Å². The molecule has 1 aromatic heterocycles. The first-order valence-electron chi connectivity index (χ1n) is 10.2. The van der Waals surface area contributed by atoms with Crippen LogP contribution in [-0.4, -0.2) is 36.7 Å². The van der Waals surface area contributed by atoms with Gasteiger partial charge in [0, 0.05) is 24.5 Å². The Labute approximate surface area is 191 Å². The van der Waals surface area contributed by atoms with E-state index in [1.807, 2.05) is 25.1 Å². The molecule has 3 rings (SSSR count). The Morgan fingerprint density at radius 1 is 1.00 bits per heavy atom. The molecule has 1 atom stereocenters. The van der Waals surface area contributed by atoms with E-state index < -0.39 is 19.6 Å². The first-order valence-corrected chi connectivity index (χ1v) is 12.0. The number of carbonyl (C=O) groups excluding carboxylic acids is 1. The normalized spacial score (nSPS) is 12.2. The summed E-state index contributed by atoms with van der Waals surface area (Å²) in [6, 6.07) is 16.4. The van der Waals surface area contributed by atoms with Crippen molar-refractivity contribution in [2.75, 3.05) is 0 Å². The number of aliphatic carboxylic acids is 1. The second-order valence-corrected chi connectivity index (χ2v) is 9.48. The van der Waals surface area contributed by atoms with Crippen LogP contribution in [0.3, 0.4) is 0 Å². The molecule has 33 heavy (non-hydrogen) atoms. The minimum atomic E-state index is -4.20. The fourth-order valence-electron chi connectivity index (χ4n) is 3.62. The van der Waals surface area contributed by atoms with Crippen molar-refractivity contribution in [1.82, 2.24) is 9.88 Å². The SMILES string of the molecule is Cc1cccc(C(CC(=O)O)N(Cc2ccc(CP(=O)(O)O)cc2)C(=O)c2ccncc2)c1. The summed E-state index contributed by atoms with van der Waals surface area (Å²) >= 11 is 0. The van der Waals surface area contributed by atoms with E-state index in [0.717, 1.165) is 5.56 Å². The Bertz CT molecular complexity index is 1160. The molecule has 0 aliphatic carbocycles. The number of benzene rings is 2. The largest absolute Gasteiger partial charge is 0.481 e. The molecule has 0 aliphatic heterocycles. The second kappa shape index (κ2) is 10.5. The van der Waals surface area contributed by atoms with Gasteiger partial charge in [0.1, 0.15) is 0 Å². The van der Waals surface area contributed by atoms with E-state index in [4.69, 9.17) is 0 Å². The molecule has 3 N–H and O–H groups in total. The Kier molecular flexibility index (Phi) is 7.76. The Balaban J connectivity index is 2.00. The lowest BCUT2D eigenvalue weighted by Crippen LogP contribution is -2.35. The van der Waals surface area contributed by atoms with Gasteiger partial charge in [-0.3, -0.25) is 19.1 Å². The fraction of sp³-hybridized carbons (Fsp3) is 0.208. The van der Waals surface area contributed by atoms with Gasteiger partial charge in [0.05, 0.1) is 18.6 Å². The predicted octanol–water partition coefficient (Wildman–Crippen LogP) is 3.93. The average molecular weight is 468 g/mol. The number of pyridine rings is 1. The molecular weight excluding hydrogens is 443 g/mol. The number of amides is 1. The van der Waals surface area contributed by atoms with Crippen LogP contribution in [0, 0.1) is 6.92 Å². The van der Waals surface area contributed by atoms with Crippen molar-refractivity contribution in [2.45, 2.75) is 32.1 Å². The molecule has 9 heteroatoms. The highest BCUT2D eigenvalue weighted by Gasteiger charge is 2.28. The molecule has 0 spiro atoms. The van der Waals surface area contributed by atoms with Crippen molar-refractivity contribution in [3.05, 3.63) is 101 Å². The zero-order valence-electron chi connectivity index (χ0n) is 18.0. The van der Waals surface area contributed by atoms with Crippen molar-refractivity contribution in [1.29, 1.82) is 0 Å². The van der Waals surface area contributed by atoms with Crippen LogP contribution < -0.4 is 0 Å². The van der Waals surface area contributed by atoms with Crippen molar-refractivity contribution in [3.8, 4) is 0 Å². The summed E-state index contributed by atoms with van der Waals surface area (Å²) in [5, 5.41) is 9.60. The minimum Gasteiger partial charge on any atom is -0.481 e. The van der Waals surface area contributed by atoms with Crippen LogP contribution in [0.5, 0.6) is 0 Å². The van der Waals surface area contributed by atoms with Crippen LogP contribution in [0.25, 0.3) is 0 Å². The quantitative estimate of drug-likeness (QED) is 0.406. The van der Waals surface area contributed by atoms with Gasteiger partial charge < -0.3 is 19.8 Å². The molecule has 3 aromatic rings. The third-order valence-electron chi connectivity index (χ3n) is 5.12. The lowest BCUT2D eigenvalue weighted by molar-refractivity contribution is -0.138. The minimum absolute atomic E-state index is 0.114. The molecule has 1 amide bonds. The topological polar surface area (TPSA) is 128 Å². The van der Waals surface area contributed by atoms with Gasteiger partial charge in [-0.25, -0.2) is 0 Å². The number of aryl methyl sites for hydroxylation is 1. The van der Waals surface area contributed by atoms with Crippen LogP contribution in [0.1, 0.15) is 45.1 Å². The maximum absolute atomic E-state index is 13.5. The van der Waals surface area contributed by atoms with E-state index in [1.54, 1.807) is 42.5 Å². The summed E-state index contributed by atoms with van der Waals surface area (Å²) in [6.45, 7) is 2.01. The fourth-order valence-corrected chi connectivity index (χ4v) is 4.31. The van der Waals surface area contributed by atoms with E-state index in [9.17, 15) is 29.0 Å². The number of carbonyl (C=O) groups is 2. The molecule has 0 fully saturated rings. The van der Waals surface area contributed by atoms with E-state index in [0.29, 0.717) is 22.3 Å². The van der Waals surface area contributed by atoms with Crippen LogP contribution in [0.2, 0.25) is 0 Å².